The molecule has 1 unspecified atom stereocenters. The lowest BCUT2D eigenvalue weighted by Crippen LogP contribution is -2.41. The van der Waals surface area contributed by atoms with Crippen molar-refractivity contribution in [1.29, 1.82) is 0 Å². The molecule has 0 saturated carbocycles. The van der Waals surface area contributed by atoms with E-state index in [-0.39, 0.29) is 6.10 Å². The first kappa shape index (κ1) is 18.5. The Balaban J connectivity index is 1.93. The molecule has 24 heavy (non-hydrogen) atoms. The van der Waals surface area contributed by atoms with Crippen molar-refractivity contribution in [3.05, 3.63) is 23.9 Å². The second-order valence-electron chi connectivity index (χ2n) is 6.62. The number of hydrogen-bond acceptors (Lipinski definition) is 4. The fourth-order valence-electron chi connectivity index (χ4n) is 2.54. The molecule has 0 amide bonds. The fraction of sp³-hybridized carbons (Fsp3) is 0.667. The molecule has 1 aromatic rings. The third-order valence-corrected chi connectivity index (χ3v) is 3.82. The monoisotopic (exact) mass is 333 g/mol. The standard InChI is InChI=1S/C18H31N5O/c1-5-19-18(21-10-14(2)3)22-12-16-6-7-17(20-11-16)23-8-9-24-15(4)13-23/h6-7,11,14-15H,5,8-10,12-13H2,1-4H3,(H2,19,21,22). The van der Waals surface area contributed by atoms with Gasteiger partial charge in [-0.25, -0.2) is 9.98 Å². The number of morpholine rings is 1. The minimum atomic E-state index is 0.263. The summed E-state index contributed by atoms with van der Waals surface area (Å²) < 4.78 is 5.58. The Morgan fingerprint density at radius 1 is 1.42 bits per heavy atom. The summed E-state index contributed by atoms with van der Waals surface area (Å²) in [6.07, 6.45) is 2.19. The Morgan fingerprint density at radius 2 is 2.25 bits per heavy atom. The number of hydrogen-bond donors (Lipinski definition) is 2. The number of nitrogens with one attached hydrogen (secondary N) is 2. The number of anilines is 1. The van der Waals surface area contributed by atoms with Gasteiger partial charge in [-0.3, -0.25) is 0 Å². The molecule has 0 aromatic carbocycles. The number of ether oxygens (including phenoxy) is 1. The lowest BCUT2D eigenvalue weighted by Gasteiger charge is -2.32. The molecule has 2 rings (SSSR count). The van der Waals surface area contributed by atoms with E-state index in [2.05, 4.69) is 65.3 Å². The Morgan fingerprint density at radius 3 is 2.88 bits per heavy atom. The largest absolute Gasteiger partial charge is 0.375 e. The zero-order valence-electron chi connectivity index (χ0n) is 15.4. The number of aromatic nitrogens is 1. The van der Waals surface area contributed by atoms with Crippen LogP contribution in [0.4, 0.5) is 5.82 Å². The van der Waals surface area contributed by atoms with Crippen LogP contribution in [0, 0.1) is 5.92 Å². The van der Waals surface area contributed by atoms with Crippen molar-refractivity contribution in [2.45, 2.75) is 40.3 Å². The predicted molar refractivity (Wildman–Crippen MR) is 99.5 cm³/mol. The van der Waals surface area contributed by atoms with Crippen LogP contribution in [0.5, 0.6) is 0 Å². The minimum absolute atomic E-state index is 0.263. The highest BCUT2D eigenvalue weighted by Gasteiger charge is 2.17. The lowest BCUT2D eigenvalue weighted by molar-refractivity contribution is 0.0529. The fourth-order valence-corrected chi connectivity index (χ4v) is 2.54. The van der Waals surface area contributed by atoms with Gasteiger partial charge in [-0.15, -0.1) is 0 Å². The summed E-state index contributed by atoms with van der Waals surface area (Å²) in [5.41, 5.74) is 1.11. The minimum Gasteiger partial charge on any atom is -0.375 e. The summed E-state index contributed by atoms with van der Waals surface area (Å²) in [4.78, 5) is 11.5. The van der Waals surface area contributed by atoms with Crippen LogP contribution in [-0.2, 0) is 11.3 Å². The molecule has 1 atom stereocenters. The van der Waals surface area contributed by atoms with Crippen LogP contribution >= 0.6 is 0 Å². The molecule has 1 aliphatic rings. The summed E-state index contributed by atoms with van der Waals surface area (Å²) in [6, 6.07) is 4.19. The van der Waals surface area contributed by atoms with Crippen LogP contribution in [0.2, 0.25) is 0 Å². The van der Waals surface area contributed by atoms with E-state index in [1.807, 2.05) is 6.20 Å². The van der Waals surface area contributed by atoms with E-state index in [4.69, 9.17) is 4.74 Å². The third-order valence-electron chi connectivity index (χ3n) is 3.82. The molecule has 2 N–H and O–H groups in total. The smallest absolute Gasteiger partial charge is 0.191 e. The van der Waals surface area contributed by atoms with Gasteiger partial charge in [-0.2, -0.15) is 0 Å². The third kappa shape index (κ3) is 6.00. The molecular formula is C18H31N5O. The van der Waals surface area contributed by atoms with Gasteiger partial charge in [-0.05, 0) is 31.4 Å². The molecule has 0 radical (unpaired) electrons. The van der Waals surface area contributed by atoms with Crippen LogP contribution in [0.25, 0.3) is 0 Å². The molecule has 2 heterocycles. The molecular weight excluding hydrogens is 302 g/mol. The number of aliphatic imine (C=N–C) groups is 1. The van der Waals surface area contributed by atoms with Gasteiger partial charge < -0.3 is 20.3 Å². The van der Waals surface area contributed by atoms with E-state index >= 15 is 0 Å². The van der Waals surface area contributed by atoms with Crippen molar-refractivity contribution < 1.29 is 4.74 Å². The van der Waals surface area contributed by atoms with Crippen LogP contribution in [0.15, 0.2) is 23.3 Å². The highest BCUT2D eigenvalue weighted by molar-refractivity contribution is 5.79. The topological polar surface area (TPSA) is 61.8 Å². The normalized spacial score (nSPS) is 18.8. The number of nitrogens with zero attached hydrogens (tertiary/aromatic N) is 3. The average molecular weight is 333 g/mol. The molecule has 0 aliphatic carbocycles. The molecule has 1 saturated heterocycles. The van der Waals surface area contributed by atoms with Gasteiger partial charge in [0.05, 0.1) is 19.3 Å². The molecule has 6 heteroatoms. The van der Waals surface area contributed by atoms with Crippen molar-refractivity contribution in [1.82, 2.24) is 15.6 Å². The zero-order valence-corrected chi connectivity index (χ0v) is 15.4. The summed E-state index contributed by atoms with van der Waals surface area (Å²) >= 11 is 0. The van der Waals surface area contributed by atoms with Crippen molar-refractivity contribution in [3.63, 3.8) is 0 Å². The quantitative estimate of drug-likeness (QED) is 0.616. The number of pyridine rings is 1. The van der Waals surface area contributed by atoms with Gasteiger partial charge in [0.2, 0.25) is 0 Å². The van der Waals surface area contributed by atoms with Crippen LogP contribution < -0.4 is 15.5 Å². The van der Waals surface area contributed by atoms with Crippen LogP contribution in [0.3, 0.4) is 0 Å². The molecule has 1 fully saturated rings. The van der Waals surface area contributed by atoms with E-state index in [0.717, 1.165) is 50.1 Å². The highest BCUT2D eigenvalue weighted by Crippen LogP contribution is 2.15. The van der Waals surface area contributed by atoms with Crippen molar-refractivity contribution in [2.75, 3.05) is 37.7 Å². The zero-order chi connectivity index (χ0) is 17.4. The summed E-state index contributed by atoms with van der Waals surface area (Å²) in [6.45, 7) is 13.5. The molecule has 6 nitrogen and oxygen atoms in total. The Labute approximate surface area is 145 Å². The number of guanidine groups is 1. The van der Waals surface area contributed by atoms with Gasteiger partial charge in [0, 0.05) is 32.4 Å². The first-order valence-corrected chi connectivity index (χ1v) is 8.92. The molecule has 134 valence electrons. The number of rotatable bonds is 6. The van der Waals surface area contributed by atoms with Crippen molar-refractivity contribution >= 4 is 11.8 Å². The Kier molecular flexibility index (Phi) is 7.31. The van der Waals surface area contributed by atoms with Gasteiger partial charge in [0.1, 0.15) is 5.82 Å². The van der Waals surface area contributed by atoms with E-state index < -0.39 is 0 Å². The Hall–Kier alpha value is -1.82. The first-order valence-electron chi connectivity index (χ1n) is 8.92. The highest BCUT2D eigenvalue weighted by atomic mass is 16.5. The second-order valence-corrected chi connectivity index (χ2v) is 6.62. The SMILES string of the molecule is CCNC(=NCc1ccc(N2CCOC(C)C2)nc1)NCC(C)C. The molecule has 1 aliphatic heterocycles. The molecule has 0 bridgehead atoms. The van der Waals surface area contributed by atoms with Gasteiger partial charge >= 0.3 is 0 Å². The van der Waals surface area contributed by atoms with Crippen LogP contribution in [0.1, 0.15) is 33.3 Å². The molecule has 0 spiro atoms. The molecule has 1 aromatic heterocycles. The van der Waals surface area contributed by atoms with E-state index in [0.29, 0.717) is 12.5 Å². The van der Waals surface area contributed by atoms with E-state index in [1.165, 1.54) is 0 Å². The van der Waals surface area contributed by atoms with E-state index in [1.54, 1.807) is 0 Å². The van der Waals surface area contributed by atoms with E-state index in [9.17, 15) is 0 Å². The van der Waals surface area contributed by atoms with Crippen LogP contribution in [-0.4, -0.2) is 49.8 Å². The van der Waals surface area contributed by atoms with Crippen molar-refractivity contribution in [2.24, 2.45) is 10.9 Å². The van der Waals surface area contributed by atoms with Gasteiger partial charge in [-0.1, -0.05) is 19.9 Å². The van der Waals surface area contributed by atoms with Gasteiger partial charge in [0.15, 0.2) is 5.96 Å². The maximum Gasteiger partial charge on any atom is 0.191 e. The average Bonchev–Trinajstić information content (AvgIpc) is 2.58. The summed E-state index contributed by atoms with van der Waals surface area (Å²) in [5.74, 6) is 2.46. The lowest BCUT2D eigenvalue weighted by atomic mass is 10.2. The van der Waals surface area contributed by atoms with Crippen molar-refractivity contribution in [3.8, 4) is 0 Å². The summed E-state index contributed by atoms with van der Waals surface area (Å²) in [5, 5.41) is 6.63. The Bertz CT molecular complexity index is 515. The summed E-state index contributed by atoms with van der Waals surface area (Å²) in [7, 11) is 0. The first-order chi connectivity index (χ1) is 11.6. The second kappa shape index (κ2) is 9.47. The maximum absolute atomic E-state index is 5.58. The predicted octanol–water partition coefficient (Wildman–Crippen LogP) is 2.02. The maximum atomic E-state index is 5.58. The van der Waals surface area contributed by atoms with Gasteiger partial charge in [0.25, 0.3) is 0 Å².